The molecule has 0 unspecified atom stereocenters. The maximum absolute atomic E-state index is 12.0. The van der Waals surface area contributed by atoms with Gasteiger partial charge >= 0.3 is 6.09 Å². The molecule has 21 heavy (non-hydrogen) atoms. The lowest BCUT2D eigenvalue weighted by molar-refractivity contribution is -0.123. The zero-order valence-corrected chi connectivity index (χ0v) is 14.2. The largest absolute Gasteiger partial charge is 0.444 e. The third-order valence-electron chi connectivity index (χ3n) is 3.17. The summed E-state index contributed by atoms with van der Waals surface area (Å²) in [6.07, 6.45) is 1.16. The number of carbonyl (C=O) groups is 2. The van der Waals surface area contributed by atoms with Gasteiger partial charge in [0.05, 0.1) is 12.4 Å². The molecule has 0 bridgehead atoms. The predicted octanol–water partition coefficient (Wildman–Crippen LogP) is 1.62. The Labute approximate surface area is 131 Å². The highest BCUT2D eigenvalue weighted by Gasteiger charge is 2.29. The lowest BCUT2D eigenvalue weighted by Crippen LogP contribution is -2.43. The van der Waals surface area contributed by atoms with Gasteiger partial charge in [-0.1, -0.05) is 11.9 Å². The first kappa shape index (κ1) is 18.3. The number of likely N-dealkylation sites (tertiary alicyclic amines) is 1. The number of carbonyl (C=O) groups excluding carboxylic acids is 2. The summed E-state index contributed by atoms with van der Waals surface area (Å²) in [5, 5.41) is 2.99. The summed E-state index contributed by atoms with van der Waals surface area (Å²) < 4.78 is 8.39. The average Bonchev–Trinajstić information content (AvgIpc) is 2.41. The molecule has 0 atom stereocenters. The van der Waals surface area contributed by atoms with Crippen LogP contribution in [0.15, 0.2) is 0 Å². The second-order valence-electron chi connectivity index (χ2n) is 6.17. The van der Waals surface area contributed by atoms with Crippen molar-refractivity contribution in [3.8, 4) is 0 Å². The number of hydrogen-bond acceptors (Lipinski definition) is 6. The first-order chi connectivity index (χ1) is 9.83. The van der Waals surface area contributed by atoms with Gasteiger partial charge in [0.2, 0.25) is 0 Å². The van der Waals surface area contributed by atoms with Crippen LogP contribution < -0.4 is 10.0 Å². The summed E-state index contributed by atoms with van der Waals surface area (Å²) in [5.74, 6) is 1.04. The first-order valence-electron chi connectivity index (χ1n) is 7.33. The van der Waals surface area contributed by atoms with Crippen LogP contribution >= 0.6 is 11.9 Å². The lowest BCUT2D eigenvalue weighted by atomic mass is 9.93. The molecule has 1 heterocycles. The van der Waals surface area contributed by atoms with Crippen molar-refractivity contribution in [3.05, 3.63) is 0 Å². The average molecular weight is 317 g/mol. The van der Waals surface area contributed by atoms with Crippen LogP contribution in [0, 0.1) is 5.92 Å². The van der Waals surface area contributed by atoms with Crippen LogP contribution in [0.1, 0.15) is 33.6 Å². The Morgan fingerprint density at radius 1 is 1.29 bits per heavy atom. The monoisotopic (exact) mass is 317 g/mol. The molecule has 0 aromatic heterocycles. The number of ketones is 1. The number of rotatable bonds is 6. The van der Waals surface area contributed by atoms with Gasteiger partial charge in [-0.2, -0.15) is 0 Å². The maximum Gasteiger partial charge on any atom is 0.410 e. The highest BCUT2D eigenvalue weighted by molar-refractivity contribution is 7.97. The van der Waals surface area contributed by atoms with Gasteiger partial charge < -0.3 is 15.0 Å². The van der Waals surface area contributed by atoms with Crippen molar-refractivity contribution in [1.82, 2.24) is 14.9 Å². The van der Waals surface area contributed by atoms with Gasteiger partial charge in [-0.05, 0) is 40.7 Å². The minimum Gasteiger partial charge on any atom is -0.444 e. The summed E-state index contributed by atoms with van der Waals surface area (Å²) in [5.41, 5.74) is -0.474. The van der Waals surface area contributed by atoms with Crippen molar-refractivity contribution in [2.24, 2.45) is 5.92 Å². The second kappa shape index (κ2) is 8.60. The van der Waals surface area contributed by atoms with Crippen LogP contribution in [0.2, 0.25) is 0 Å². The minimum atomic E-state index is -0.474. The third kappa shape index (κ3) is 7.15. The molecule has 1 aliphatic heterocycles. The van der Waals surface area contributed by atoms with E-state index in [1.54, 1.807) is 4.90 Å². The Bertz CT molecular complexity index is 350. The van der Waals surface area contributed by atoms with Gasteiger partial charge in [-0.15, -0.1) is 0 Å². The Morgan fingerprint density at radius 3 is 2.43 bits per heavy atom. The summed E-state index contributed by atoms with van der Waals surface area (Å²) >= 11 is 1.49. The normalized spacial score (nSPS) is 16.9. The number of piperidine rings is 1. The molecule has 0 aliphatic carbocycles. The number of hydrogen-bond donors (Lipinski definition) is 2. The fourth-order valence-electron chi connectivity index (χ4n) is 2.10. The molecular formula is C14H27N3O3S. The van der Waals surface area contributed by atoms with Crippen molar-refractivity contribution in [1.29, 1.82) is 0 Å². The number of amides is 1. The van der Waals surface area contributed by atoms with E-state index in [1.165, 1.54) is 11.9 Å². The fourth-order valence-corrected chi connectivity index (χ4v) is 2.59. The van der Waals surface area contributed by atoms with Crippen LogP contribution in [0.4, 0.5) is 4.79 Å². The van der Waals surface area contributed by atoms with Crippen molar-refractivity contribution in [2.45, 2.75) is 39.2 Å². The van der Waals surface area contributed by atoms with Crippen LogP contribution in [0.3, 0.4) is 0 Å². The van der Waals surface area contributed by atoms with Gasteiger partial charge in [0.1, 0.15) is 5.60 Å². The molecule has 0 aromatic carbocycles. The zero-order chi connectivity index (χ0) is 15.9. The summed E-state index contributed by atoms with van der Waals surface area (Å²) in [4.78, 5) is 25.7. The SMILES string of the molecule is CNCSNCC(=O)C1CCN(C(=O)OC(C)(C)C)CC1. The van der Waals surface area contributed by atoms with E-state index < -0.39 is 5.60 Å². The smallest absolute Gasteiger partial charge is 0.410 e. The molecule has 0 spiro atoms. The van der Waals surface area contributed by atoms with Crippen LogP contribution in [0.25, 0.3) is 0 Å². The Morgan fingerprint density at radius 2 is 1.90 bits per heavy atom. The maximum atomic E-state index is 12.0. The standard InChI is InChI=1S/C14H27N3O3S/c1-14(2,3)20-13(19)17-7-5-11(6-8-17)12(18)9-16-21-10-15-4/h11,15-16H,5-10H2,1-4H3. The molecule has 0 radical (unpaired) electrons. The molecule has 1 fully saturated rings. The summed E-state index contributed by atoms with van der Waals surface area (Å²) in [6.45, 7) is 7.13. The third-order valence-corrected chi connectivity index (χ3v) is 3.95. The Hall–Kier alpha value is -0.790. The van der Waals surface area contributed by atoms with Crippen molar-refractivity contribution in [3.63, 3.8) is 0 Å². The molecule has 2 N–H and O–H groups in total. The van der Waals surface area contributed by atoms with Gasteiger partial charge in [0.25, 0.3) is 0 Å². The number of nitrogens with one attached hydrogen (secondary N) is 2. The minimum absolute atomic E-state index is 0.0476. The van der Waals surface area contributed by atoms with E-state index in [0.29, 0.717) is 19.6 Å². The van der Waals surface area contributed by atoms with Crippen molar-refractivity contribution in [2.75, 3.05) is 32.6 Å². The first-order valence-corrected chi connectivity index (χ1v) is 8.32. The molecular weight excluding hydrogens is 290 g/mol. The summed E-state index contributed by atoms with van der Waals surface area (Å²) in [6, 6.07) is 0. The highest BCUT2D eigenvalue weighted by Crippen LogP contribution is 2.20. The van der Waals surface area contributed by atoms with Gasteiger partial charge in [0, 0.05) is 19.0 Å². The van der Waals surface area contributed by atoms with E-state index in [2.05, 4.69) is 10.0 Å². The molecule has 6 nitrogen and oxygen atoms in total. The molecule has 1 aliphatic rings. The highest BCUT2D eigenvalue weighted by atomic mass is 32.2. The van der Waals surface area contributed by atoms with Gasteiger partial charge in [-0.25, -0.2) is 4.79 Å². The molecule has 1 rings (SSSR count). The molecule has 7 heteroatoms. The van der Waals surface area contributed by atoms with Gasteiger partial charge in [0.15, 0.2) is 5.78 Å². The van der Waals surface area contributed by atoms with E-state index in [-0.39, 0.29) is 17.8 Å². The molecule has 0 saturated carbocycles. The molecule has 1 amide bonds. The Balaban J connectivity index is 2.28. The van der Waals surface area contributed by atoms with Crippen LogP contribution in [-0.2, 0) is 9.53 Å². The molecule has 0 aromatic rings. The number of ether oxygens (including phenoxy) is 1. The predicted molar refractivity (Wildman–Crippen MR) is 85.1 cm³/mol. The van der Waals surface area contributed by atoms with Gasteiger partial charge in [-0.3, -0.25) is 9.52 Å². The topological polar surface area (TPSA) is 70.7 Å². The van der Waals surface area contributed by atoms with E-state index in [9.17, 15) is 9.59 Å². The van der Waals surface area contributed by atoms with E-state index in [4.69, 9.17) is 4.74 Å². The summed E-state index contributed by atoms with van der Waals surface area (Å²) in [7, 11) is 1.86. The van der Waals surface area contributed by atoms with Crippen LogP contribution in [-0.4, -0.2) is 54.9 Å². The van der Waals surface area contributed by atoms with E-state index >= 15 is 0 Å². The zero-order valence-electron chi connectivity index (χ0n) is 13.4. The number of nitrogens with zero attached hydrogens (tertiary/aromatic N) is 1. The molecule has 122 valence electrons. The lowest BCUT2D eigenvalue weighted by Gasteiger charge is -2.32. The number of Topliss-reactive ketones (excluding diaryl/α,β-unsaturated/α-hetero) is 1. The quantitative estimate of drug-likeness (QED) is 0.441. The van der Waals surface area contributed by atoms with Crippen molar-refractivity contribution < 1.29 is 14.3 Å². The second-order valence-corrected chi connectivity index (χ2v) is 7.04. The van der Waals surface area contributed by atoms with E-state index in [0.717, 1.165) is 18.7 Å². The van der Waals surface area contributed by atoms with Crippen molar-refractivity contribution >= 4 is 23.8 Å². The van der Waals surface area contributed by atoms with E-state index in [1.807, 2.05) is 27.8 Å². The molecule has 1 saturated heterocycles. The Kier molecular flexibility index (Phi) is 7.48. The van der Waals surface area contributed by atoms with Crippen LogP contribution in [0.5, 0.6) is 0 Å². The fraction of sp³-hybridized carbons (Fsp3) is 0.857.